The topological polar surface area (TPSA) is 39.2 Å². The summed E-state index contributed by atoms with van der Waals surface area (Å²) < 4.78 is 11.0. The molecule has 4 rings (SSSR count). The number of aromatic nitrogens is 1. The van der Waals surface area contributed by atoms with Gasteiger partial charge in [0.2, 0.25) is 0 Å². The van der Waals surface area contributed by atoms with E-state index in [-0.39, 0.29) is 0 Å². The maximum Gasteiger partial charge on any atom is 0.182 e. The minimum atomic E-state index is 0.660. The number of rotatable bonds is 0. The Hall–Kier alpha value is -2.00. The molecule has 0 unspecified atom stereocenters. The van der Waals surface area contributed by atoms with Gasteiger partial charge in [0.1, 0.15) is 5.58 Å². The lowest BCUT2D eigenvalue weighted by atomic mass is 10.1. The fraction of sp³-hybridized carbons (Fsp3) is 0. The number of fused-ring (bicyclic) bond motifs is 5. The van der Waals surface area contributed by atoms with Crippen molar-refractivity contribution in [3.05, 3.63) is 41.7 Å². The van der Waals surface area contributed by atoms with Crippen molar-refractivity contribution in [2.24, 2.45) is 0 Å². The molecule has 0 fully saturated rings. The summed E-state index contributed by atoms with van der Waals surface area (Å²) in [5.74, 6) is 0. The second-order valence-electron chi connectivity index (χ2n) is 3.88. The van der Waals surface area contributed by atoms with E-state index in [0.29, 0.717) is 5.02 Å². The van der Waals surface area contributed by atoms with Crippen molar-refractivity contribution in [3.8, 4) is 0 Å². The minimum Gasteiger partial charge on any atom is -0.454 e. The van der Waals surface area contributed by atoms with Gasteiger partial charge in [-0.1, -0.05) is 11.6 Å². The van der Waals surface area contributed by atoms with Crippen LogP contribution >= 0.6 is 11.6 Å². The fourth-order valence-corrected chi connectivity index (χ4v) is 2.30. The van der Waals surface area contributed by atoms with E-state index in [1.807, 2.05) is 30.3 Å². The van der Waals surface area contributed by atoms with Crippen LogP contribution in [0.2, 0.25) is 5.02 Å². The SMILES string of the molecule is Clc1ccc2c(c1)oc1c2ccc2ocnc21. The van der Waals surface area contributed by atoms with Crippen LogP contribution in [0.25, 0.3) is 33.0 Å². The molecular formula is C13H6ClNO2. The number of nitrogens with zero attached hydrogens (tertiary/aromatic N) is 1. The Labute approximate surface area is 101 Å². The van der Waals surface area contributed by atoms with Crippen molar-refractivity contribution in [1.82, 2.24) is 4.98 Å². The maximum absolute atomic E-state index is 5.95. The first-order valence-corrected chi connectivity index (χ1v) is 5.55. The summed E-state index contributed by atoms with van der Waals surface area (Å²) >= 11 is 5.95. The van der Waals surface area contributed by atoms with E-state index in [4.69, 9.17) is 20.4 Å². The molecule has 2 aromatic heterocycles. The van der Waals surface area contributed by atoms with Gasteiger partial charge in [-0.15, -0.1) is 0 Å². The third kappa shape index (κ3) is 1.14. The van der Waals surface area contributed by atoms with Crippen LogP contribution in [0.3, 0.4) is 0 Å². The molecule has 17 heavy (non-hydrogen) atoms. The average molecular weight is 244 g/mol. The van der Waals surface area contributed by atoms with Crippen molar-refractivity contribution < 1.29 is 8.83 Å². The highest BCUT2D eigenvalue weighted by atomic mass is 35.5. The Bertz CT molecular complexity index is 860. The maximum atomic E-state index is 5.95. The predicted octanol–water partition coefficient (Wildman–Crippen LogP) is 4.38. The van der Waals surface area contributed by atoms with Gasteiger partial charge < -0.3 is 8.83 Å². The van der Waals surface area contributed by atoms with Crippen LogP contribution in [-0.2, 0) is 0 Å². The molecule has 0 atom stereocenters. The molecule has 0 saturated carbocycles. The number of halogens is 1. The van der Waals surface area contributed by atoms with Crippen LogP contribution in [0.15, 0.2) is 45.6 Å². The van der Waals surface area contributed by atoms with E-state index < -0.39 is 0 Å². The summed E-state index contributed by atoms with van der Waals surface area (Å²) in [7, 11) is 0. The third-order valence-corrected chi connectivity index (χ3v) is 3.14. The van der Waals surface area contributed by atoms with E-state index in [0.717, 1.165) is 33.0 Å². The summed E-state index contributed by atoms with van der Waals surface area (Å²) in [6.45, 7) is 0. The van der Waals surface area contributed by atoms with Crippen LogP contribution < -0.4 is 0 Å². The zero-order valence-electron chi connectivity index (χ0n) is 8.61. The Kier molecular flexibility index (Phi) is 1.61. The van der Waals surface area contributed by atoms with Gasteiger partial charge in [0, 0.05) is 21.9 Å². The lowest BCUT2D eigenvalue weighted by molar-refractivity contribution is 0.602. The lowest BCUT2D eigenvalue weighted by Gasteiger charge is -1.89. The molecule has 2 aromatic carbocycles. The van der Waals surface area contributed by atoms with Gasteiger partial charge in [0.15, 0.2) is 23.1 Å². The van der Waals surface area contributed by atoms with Gasteiger partial charge in [0.25, 0.3) is 0 Å². The van der Waals surface area contributed by atoms with Crippen LogP contribution in [-0.4, -0.2) is 4.98 Å². The molecule has 2 heterocycles. The van der Waals surface area contributed by atoms with Gasteiger partial charge >= 0.3 is 0 Å². The largest absolute Gasteiger partial charge is 0.454 e. The van der Waals surface area contributed by atoms with Crippen molar-refractivity contribution in [2.45, 2.75) is 0 Å². The second-order valence-corrected chi connectivity index (χ2v) is 4.32. The monoisotopic (exact) mass is 243 g/mol. The molecule has 4 heteroatoms. The second kappa shape index (κ2) is 3.02. The number of furan rings is 1. The van der Waals surface area contributed by atoms with Crippen LogP contribution in [0.5, 0.6) is 0 Å². The Morgan fingerprint density at radius 1 is 1.00 bits per heavy atom. The molecule has 82 valence electrons. The molecule has 4 aromatic rings. The molecule has 0 spiro atoms. The zero-order valence-corrected chi connectivity index (χ0v) is 9.36. The van der Waals surface area contributed by atoms with Gasteiger partial charge in [0.05, 0.1) is 0 Å². The Balaban J connectivity index is 2.32. The smallest absolute Gasteiger partial charge is 0.182 e. The van der Waals surface area contributed by atoms with Gasteiger partial charge in [-0.2, -0.15) is 0 Å². The summed E-state index contributed by atoms with van der Waals surface area (Å²) in [6, 6.07) is 9.49. The minimum absolute atomic E-state index is 0.660. The van der Waals surface area contributed by atoms with Gasteiger partial charge in [-0.25, -0.2) is 4.98 Å². The van der Waals surface area contributed by atoms with Gasteiger partial charge in [-0.05, 0) is 24.3 Å². The van der Waals surface area contributed by atoms with Crippen LogP contribution in [0, 0.1) is 0 Å². The highest BCUT2D eigenvalue weighted by Gasteiger charge is 2.12. The molecule has 0 aliphatic carbocycles. The quantitative estimate of drug-likeness (QED) is 0.460. The van der Waals surface area contributed by atoms with Gasteiger partial charge in [-0.3, -0.25) is 0 Å². The van der Waals surface area contributed by atoms with E-state index in [1.165, 1.54) is 6.39 Å². The van der Waals surface area contributed by atoms with Crippen LogP contribution in [0.4, 0.5) is 0 Å². The summed E-state index contributed by atoms with van der Waals surface area (Å²) in [4.78, 5) is 4.17. The van der Waals surface area contributed by atoms with E-state index in [1.54, 1.807) is 0 Å². The molecule has 0 radical (unpaired) electrons. The van der Waals surface area contributed by atoms with Crippen LogP contribution in [0.1, 0.15) is 0 Å². The molecule has 3 nitrogen and oxygen atoms in total. The predicted molar refractivity (Wildman–Crippen MR) is 66.3 cm³/mol. The summed E-state index contributed by atoms with van der Waals surface area (Å²) in [5.41, 5.74) is 2.98. The molecule has 0 aliphatic heterocycles. The highest BCUT2D eigenvalue weighted by Crippen LogP contribution is 2.34. The molecule has 0 amide bonds. The fourth-order valence-electron chi connectivity index (χ4n) is 2.13. The van der Waals surface area contributed by atoms with E-state index in [2.05, 4.69) is 4.98 Å². The molecule has 0 bridgehead atoms. The van der Waals surface area contributed by atoms with Crippen molar-refractivity contribution in [2.75, 3.05) is 0 Å². The molecule has 0 aliphatic rings. The standard InChI is InChI=1S/C13H6ClNO2/c14-7-1-2-8-9-3-4-10-12(15-6-16-10)13(9)17-11(8)5-7/h1-6H. The van der Waals surface area contributed by atoms with Crippen molar-refractivity contribution in [1.29, 1.82) is 0 Å². The Morgan fingerprint density at radius 3 is 2.82 bits per heavy atom. The first-order chi connectivity index (χ1) is 8.33. The molecular weight excluding hydrogens is 238 g/mol. The van der Waals surface area contributed by atoms with E-state index >= 15 is 0 Å². The number of hydrogen-bond acceptors (Lipinski definition) is 3. The first kappa shape index (κ1) is 9.07. The lowest BCUT2D eigenvalue weighted by Crippen LogP contribution is -1.69. The summed E-state index contributed by atoms with van der Waals surface area (Å²) in [5, 5.41) is 2.72. The molecule has 0 saturated heterocycles. The number of benzene rings is 2. The number of hydrogen-bond donors (Lipinski definition) is 0. The molecule has 0 N–H and O–H groups in total. The zero-order chi connectivity index (χ0) is 11.4. The van der Waals surface area contributed by atoms with Crippen molar-refractivity contribution >= 4 is 44.6 Å². The van der Waals surface area contributed by atoms with E-state index in [9.17, 15) is 0 Å². The first-order valence-electron chi connectivity index (χ1n) is 5.17. The van der Waals surface area contributed by atoms with Crippen molar-refractivity contribution in [3.63, 3.8) is 0 Å². The third-order valence-electron chi connectivity index (χ3n) is 2.90. The number of oxazole rings is 1. The normalized spacial score (nSPS) is 11.8. The highest BCUT2D eigenvalue weighted by molar-refractivity contribution is 6.31. The average Bonchev–Trinajstić information content (AvgIpc) is 2.90. The summed E-state index contributed by atoms with van der Waals surface area (Å²) in [6.07, 6.45) is 1.42. The Morgan fingerprint density at radius 2 is 1.88 bits per heavy atom.